The molecule has 3 heteroatoms. The van der Waals surface area contributed by atoms with Gasteiger partial charge in [0.2, 0.25) is 0 Å². The molecule has 0 saturated carbocycles. The van der Waals surface area contributed by atoms with Gasteiger partial charge in [0.25, 0.3) is 0 Å². The summed E-state index contributed by atoms with van der Waals surface area (Å²) in [4.78, 5) is 12.7. The smallest absolute Gasteiger partial charge is 0.160 e. The summed E-state index contributed by atoms with van der Waals surface area (Å²) < 4.78 is 0. The third kappa shape index (κ3) is 5.93. The highest BCUT2D eigenvalue weighted by molar-refractivity contribution is 6.90. The van der Waals surface area contributed by atoms with E-state index in [0.717, 1.165) is 30.5 Å². The molecule has 0 unspecified atom stereocenters. The van der Waals surface area contributed by atoms with Crippen molar-refractivity contribution in [3.8, 4) is 0 Å². The Morgan fingerprint density at radius 2 is 1.00 bits per heavy atom. The molecule has 0 aliphatic carbocycles. The monoisotopic (exact) mass is 444 g/mol. The molecule has 31 heavy (non-hydrogen) atoms. The molecule has 1 nitrogen and oxygen atoms in total. The Kier molecular flexibility index (Phi) is 7.50. The van der Waals surface area contributed by atoms with Crippen molar-refractivity contribution in [1.29, 1.82) is 0 Å². The highest BCUT2D eigenvalue weighted by Gasteiger charge is 2.26. The standard InChI is InChI=1S/C28H36OSi2/c1-23(29)28-24(19-21-30(2,3)26-15-8-6-9-16-26)13-12-14-25(28)20-22-31(4,5)27-17-10-7-11-18-27/h6-18H,19-22H2,1-5H3. The lowest BCUT2D eigenvalue weighted by Gasteiger charge is -2.25. The molecule has 0 bridgehead atoms. The van der Waals surface area contributed by atoms with Crippen LogP contribution in [0, 0.1) is 0 Å². The second-order valence-electron chi connectivity index (χ2n) is 10.0. The molecule has 0 saturated heterocycles. The van der Waals surface area contributed by atoms with Gasteiger partial charge in [-0.15, -0.1) is 0 Å². The Bertz CT molecular complexity index is 934. The zero-order chi connectivity index (χ0) is 22.5. The van der Waals surface area contributed by atoms with Gasteiger partial charge in [-0.2, -0.15) is 0 Å². The number of carbonyl (C=O) groups excluding carboxylic acids is 1. The second-order valence-corrected chi connectivity index (χ2v) is 19.7. The zero-order valence-corrected chi connectivity index (χ0v) is 21.7. The molecule has 0 atom stereocenters. The number of aryl methyl sites for hydroxylation is 2. The highest BCUT2D eigenvalue weighted by atomic mass is 28.3. The number of hydrogen-bond acceptors (Lipinski definition) is 1. The van der Waals surface area contributed by atoms with Gasteiger partial charge in [-0.05, 0) is 43.0 Å². The minimum Gasteiger partial charge on any atom is -0.294 e. The van der Waals surface area contributed by atoms with Gasteiger partial charge in [-0.3, -0.25) is 4.79 Å². The lowest BCUT2D eigenvalue weighted by molar-refractivity contribution is 0.101. The average Bonchev–Trinajstić information content (AvgIpc) is 2.77. The van der Waals surface area contributed by atoms with E-state index in [4.69, 9.17) is 0 Å². The third-order valence-corrected chi connectivity index (χ3v) is 13.5. The van der Waals surface area contributed by atoms with Crippen molar-refractivity contribution in [2.24, 2.45) is 0 Å². The van der Waals surface area contributed by atoms with Crippen molar-refractivity contribution in [1.82, 2.24) is 0 Å². The number of Topliss-reactive ketones (excluding diaryl/α,β-unsaturated/α-hetero) is 1. The molecular weight excluding hydrogens is 408 g/mol. The van der Waals surface area contributed by atoms with Crippen molar-refractivity contribution in [2.45, 2.75) is 58.0 Å². The number of hydrogen-bond donors (Lipinski definition) is 0. The van der Waals surface area contributed by atoms with E-state index < -0.39 is 16.1 Å². The fraction of sp³-hybridized carbons (Fsp3) is 0.321. The molecule has 0 aliphatic rings. The van der Waals surface area contributed by atoms with E-state index in [-0.39, 0.29) is 5.78 Å². The quantitative estimate of drug-likeness (QED) is 0.283. The van der Waals surface area contributed by atoms with Crippen LogP contribution in [-0.4, -0.2) is 21.9 Å². The summed E-state index contributed by atoms with van der Waals surface area (Å²) in [6, 6.07) is 30.6. The number of rotatable bonds is 9. The molecule has 3 rings (SSSR count). The molecule has 0 fully saturated rings. The van der Waals surface area contributed by atoms with E-state index in [1.54, 1.807) is 6.92 Å². The fourth-order valence-corrected chi connectivity index (χ4v) is 9.04. The van der Waals surface area contributed by atoms with Crippen LogP contribution in [0.4, 0.5) is 0 Å². The van der Waals surface area contributed by atoms with E-state index in [1.165, 1.54) is 21.5 Å². The first kappa shape index (κ1) is 23.4. The zero-order valence-electron chi connectivity index (χ0n) is 19.7. The summed E-state index contributed by atoms with van der Waals surface area (Å²) in [5.41, 5.74) is 3.46. The average molecular weight is 445 g/mol. The van der Waals surface area contributed by atoms with Crippen LogP contribution in [0.1, 0.15) is 28.4 Å². The van der Waals surface area contributed by atoms with Crippen molar-refractivity contribution < 1.29 is 4.79 Å². The van der Waals surface area contributed by atoms with Crippen LogP contribution in [0.15, 0.2) is 78.9 Å². The first-order valence-electron chi connectivity index (χ1n) is 11.4. The normalized spacial score (nSPS) is 12.0. The van der Waals surface area contributed by atoms with Crippen LogP contribution in [0.2, 0.25) is 38.3 Å². The van der Waals surface area contributed by atoms with E-state index in [1.807, 2.05) is 0 Å². The van der Waals surface area contributed by atoms with Gasteiger partial charge in [0.05, 0.1) is 16.1 Å². The Morgan fingerprint density at radius 1 is 0.613 bits per heavy atom. The molecule has 0 amide bonds. The molecule has 0 radical (unpaired) electrons. The van der Waals surface area contributed by atoms with Gasteiger partial charge in [-0.25, -0.2) is 0 Å². The van der Waals surface area contributed by atoms with Crippen LogP contribution < -0.4 is 10.4 Å². The Hall–Kier alpha value is -2.24. The van der Waals surface area contributed by atoms with Crippen molar-refractivity contribution in [3.63, 3.8) is 0 Å². The Balaban J connectivity index is 1.79. The van der Waals surface area contributed by atoms with Crippen LogP contribution >= 0.6 is 0 Å². The van der Waals surface area contributed by atoms with E-state index >= 15 is 0 Å². The van der Waals surface area contributed by atoms with Gasteiger partial charge in [0, 0.05) is 5.56 Å². The van der Waals surface area contributed by atoms with Crippen molar-refractivity contribution >= 4 is 32.3 Å². The van der Waals surface area contributed by atoms with Crippen molar-refractivity contribution in [3.05, 3.63) is 95.6 Å². The number of benzene rings is 3. The van der Waals surface area contributed by atoms with Gasteiger partial charge in [0.1, 0.15) is 0 Å². The molecular formula is C28H36OSi2. The van der Waals surface area contributed by atoms with Gasteiger partial charge < -0.3 is 0 Å². The minimum atomic E-state index is -1.53. The van der Waals surface area contributed by atoms with E-state index in [0.29, 0.717) is 0 Å². The summed E-state index contributed by atoms with van der Waals surface area (Å²) in [6.45, 7) is 11.5. The first-order chi connectivity index (χ1) is 14.7. The largest absolute Gasteiger partial charge is 0.294 e. The highest BCUT2D eigenvalue weighted by Crippen LogP contribution is 2.24. The molecule has 0 N–H and O–H groups in total. The molecule has 0 aliphatic heterocycles. The lowest BCUT2D eigenvalue weighted by Crippen LogP contribution is -2.41. The molecule has 3 aromatic carbocycles. The van der Waals surface area contributed by atoms with Crippen molar-refractivity contribution in [2.75, 3.05) is 0 Å². The molecule has 0 spiro atoms. The van der Waals surface area contributed by atoms with Crippen LogP contribution in [0.5, 0.6) is 0 Å². The number of carbonyl (C=O) groups is 1. The van der Waals surface area contributed by atoms with Gasteiger partial charge in [-0.1, -0.05) is 115 Å². The van der Waals surface area contributed by atoms with E-state index in [2.05, 4.69) is 105 Å². The van der Waals surface area contributed by atoms with Gasteiger partial charge in [0.15, 0.2) is 5.78 Å². The first-order valence-corrected chi connectivity index (χ1v) is 17.8. The SMILES string of the molecule is CC(=O)c1c(CC[Si](C)(C)c2ccccc2)cccc1CC[Si](C)(C)c1ccccc1. The summed E-state index contributed by atoms with van der Waals surface area (Å²) in [6.07, 6.45) is 1.97. The summed E-state index contributed by atoms with van der Waals surface area (Å²) in [5, 5.41) is 2.98. The fourth-order valence-electron chi connectivity index (χ4n) is 4.48. The van der Waals surface area contributed by atoms with E-state index in [9.17, 15) is 4.79 Å². The molecule has 0 heterocycles. The molecule has 162 valence electrons. The van der Waals surface area contributed by atoms with Crippen LogP contribution in [-0.2, 0) is 12.8 Å². The molecule has 0 aromatic heterocycles. The summed E-state index contributed by atoms with van der Waals surface area (Å²) >= 11 is 0. The Morgan fingerprint density at radius 3 is 1.35 bits per heavy atom. The maximum atomic E-state index is 12.7. The summed E-state index contributed by atoms with van der Waals surface area (Å²) in [5.74, 6) is 0.212. The second kappa shape index (κ2) is 9.92. The predicted octanol–water partition coefficient (Wildman–Crippen LogP) is 6.21. The maximum absolute atomic E-state index is 12.7. The van der Waals surface area contributed by atoms with Crippen LogP contribution in [0.25, 0.3) is 0 Å². The maximum Gasteiger partial charge on any atom is 0.160 e. The third-order valence-electron chi connectivity index (χ3n) is 6.74. The summed E-state index contributed by atoms with van der Waals surface area (Å²) in [7, 11) is -3.07. The predicted molar refractivity (Wildman–Crippen MR) is 141 cm³/mol. The van der Waals surface area contributed by atoms with Crippen LogP contribution in [0.3, 0.4) is 0 Å². The Labute approximate surface area is 190 Å². The number of ketones is 1. The minimum absolute atomic E-state index is 0.212. The lowest BCUT2D eigenvalue weighted by atomic mass is 9.95. The topological polar surface area (TPSA) is 17.1 Å². The molecule has 3 aromatic rings. The van der Waals surface area contributed by atoms with Gasteiger partial charge >= 0.3 is 0 Å².